The molecule has 4 heteroatoms. The summed E-state index contributed by atoms with van der Waals surface area (Å²) in [6.45, 7) is 7.08. The van der Waals surface area contributed by atoms with Crippen LogP contribution in [-0.4, -0.2) is 42.5 Å². The zero-order valence-corrected chi connectivity index (χ0v) is 16.8. The molecular formula is C16H35IO2P+. The Balaban J connectivity index is 4.64. The van der Waals surface area contributed by atoms with Crippen LogP contribution in [0.1, 0.15) is 65.7 Å². The first-order valence-electron chi connectivity index (χ1n) is 8.41. The molecule has 122 valence electrons. The third-order valence-electron chi connectivity index (χ3n) is 4.21. The number of aliphatic hydroxyl groups is 1. The van der Waals surface area contributed by atoms with E-state index in [0.29, 0.717) is 0 Å². The number of halogens is 1. The number of aliphatic hydroxyl groups excluding tert-OH is 1. The molecule has 0 aromatic carbocycles. The summed E-state index contributed by atoms with van der Waals surface area (Å²) in [7, 11) is -0.820. The van der Waals surface area contributed by atoms with Crippen LogP contribution in [0.5, 0.6) is 0 Å². The van der Waals surface area contributed by atoms with E-state index in [1.165, 1.54) is 63.2 Å². The summed E-state index contributed by atoms with van der Waals surface area (Å²) >= 11 is 1.94. The van der Waals surface area contributed by atoms with E-state index in [4.69, 9.17) is 3.07 Å². The maximum atomic E-state index is 9.33. The smallest absolute Gasteiger partial charge is 0.110 e. The van der Waals surface area contributed by atoms with E-state index in [1.807, 2.05) is 23.0 Å². The van der Waals surface area contributed by atoms with Gasteiger partial charge in [-0.25, -0.2) is 0 Å². The predicted octanol–water partition coefficient (Wildman–Crippen LogP) is 5.52. The van der Waals surface area contributed by atoms with Gasteiger partial charge in [-0.15, -0.1) is 0 Å². The summed E-state index contributed by atoms with van der Waals surface area (Å²) in [6.07, 6.45) is 14.9. The van der Waals surface area contributed by atoms with Crippen LogP contribution in [0.3, 0.4) is 0 Å². The van der Waals surface area contributed by atoms with Crippen LogP contribution < -0.4 is 0 Å². The molecule has 0 rings (SSSR count). The molecule has 0 bridgehead atoms. The fourth-order valence-corrected chi connectivity index (χ4v) is 8.29. The van der Waals surface area contributed by atoms with Crippen molar-refractivity contribution in [2.24, 2.45) is 0 Å². The minimum absolute atomic E-state index is 0.0415. The van der Waals surface area contributed by atoms with E-state index in [-0.39, 0.29) is 12.7 Å². The second kappa shape index (κ2) is 13.7. The molecule has 2 nitrogen and oxygen atoms in total. The average molecular weight is 417 g/mol. The lowest BCUT2D eigenvalue weighted by Gasteiger charge is -2.29. The molecule has 1 unspecified atom stereocenters. The van der Waals surface area contributed by atoms with Gasteiger partial charge in [-0.2, -0.15) is 0 Å². The molecule has 0 aliphatic heterocycles. The number of hydrogen-bond acceptors (Lipinski definition) is 2. The van der Waals surface area contributed by atoms with Crippen molar-refractivity contribution in [1.29, 1.82) is 0 Å². The van der Waals surface area contributed by atoms with Crippen LogP contribution in [0, 0.1) is 0 Å². The molecule has 1 atom stereocenters. The zero-order chi connectivity index (χ0) is 15.3. The van der Waals surface area contributed by atoms with E-state index in [1.54, 1.807) is 0 Å². The van der Waals surface area contributed by atoms with E-state index in [9.17, 15) is 5.11 Å². The van der Waals surface area contributed by atoms with Gasteiger partial charge in [0.15, 0.2) is 0 Å². The topological polar surface area (TPSA) is 29.5 Å². The number of rotatable bonds is 14. The second-order valence-corrected chi connectivity index (χ2v) is 11.0. The monoisotopic (exact) mass is 417 g/mol. The fourth-order valence-electron chi connectivity index (χ4n) is 2.73. The largest absolute Gasteiger partial charge is 0.394 e. The molecule has 0 amide bonds. The van der Waals surface area contributed by atoms with Gasteiger partial charge in [0, 0.05) is 13.7 Å². The van der Waals surface area contributed by atoms with Crippen molar-refractivity contribution in [2.75, 3.05) is 31.3 Å². The van der Waals surface area contributed by atoms with Crippen molar-refractivity contribution in [2.45, 2.75) is 71.8 Å². The Morgan fingerprint density at radius 3 is 1.65 bits per heavy atom. The zero-order valence-electron chi connectivity index (χ0n) is 13.7. The fraction of sp³-hybridized carbons (Fsp3) is 1.00. The van der Waals surface area contributed by atoms with Gasteiger partial charge >= 0.3 is 0 Å². The highest BCUT2D eigenvalue weighted by Crippen LogP contribution is 2.61. The van der Waals surface area contributed by atoms with Gasteiger partial charge in [0.2, 0.25) is 0 Å². The third-order valence-corrected chi connectivity index (χ3v) is 9.93. The van der Waals surface area contributed by atoms with Crippen molar-refractivity contribution in [1.82, 2.24) is 0 Å². The molecule has 0 heterocycles. The molecule has 0 aliphatic carbocycles. The first-order chi connectivity index (χ1) is 9.67. The molecule has 20 heavy (non-hydrogen) atoms. The van der Waals surface area contributed by atoms with Crippen LogP contribution in [0.4, 0.5) is 0 Å². The van der Waals surface area contributed by atoms with Crippen molar-refractivity contribution < 1.29 is 8.17 Å². The number of hydrogen-bond donors (Lipinski definition) is 1. The normalized spacial score (nSPS) is 13.7. The molecule has 0 spiro atoms. The Labute approximate surface area is 141 Å². The second-order valence-electron chi connectivity index (χ2n) is 5.98. The lowest BCUT2D eigenvalue weighted by Crippen LogP contribution is -2.20. The highest BCUT2D eigenvalue weighted by molar-refractivity contribution is 14.1. The van der Waals surface area contributed by atoms with Gasteiger partial charge in [-0.1, -0.05) is 40.0 Å². The van der Waals surface area contributed by atoms with Crippen LogP contribution in [0.15, 0.2) is 0 Å². The number of unbranched alkanes of at least 4 members (excludes halogenated alkanes) is 3. The van der Waals surface area contributed by atoms with Gasteiger partial charge in [0.25, 0.3) is 0 Å². The van der Waals surface area contributed by atoms with Crippen LogP contribution in [-0.2, 0) is 3.07 Å². The molecule has 0 saturated carbocycles. The van der Waals surface area contributed by atoms with Crippen molar-refractivity contribution in [3.63, 3.8) is 0 Å². The van der Waals surface area contributed by atoms with Gasteiger partial charge < -0.3 is 8.17 Å². The van der Waals surface area contributed by atoms with Gasteiger partial charge in [0.1, 0.15) is 23.0 Å². The van der Waals surface area contributed by atoms with Crippen molar-refractivity contribution in [3.8, 4) is 0 Å². The SMILES string of the molecule is CCCC[P+](CCCC)(CCCC)CCC(CO)OI. The lowest BCUT2D eigenvalue weighted by molar-refractivity contribution is 0.153. The van der Waals surface area contributed by atoms with Crippen LogP contribution in [0.25, 0.3) is 0 Å². The Morgan fingerprint density at radius 1 is 0.900 bits per heavy atom. The Bertz CT molecular complexity index is 189. The highest BCUT2D eigenvalue weighted by Gasteiger charge is 2.35. The Kier molecular flexibility index (Phi) is 14.5. The van der Waals surface area contributed by atoms with Gasteiger partial charge in [-0.3, -0.25) is 0 Å². The summed E-state index contributed by atoms with van der Waals surface area (Å²) in [4.78, 5) is 0. The maximum absolute atomic E-state index is 9.33. The molecule has 0 fully saturated rings. The molecule has 0 aliphatic rings. The average Bonchev–Trinajstić information content (AvgIpc) is 2.49. The van der Waals surface area contributed by atoms with Gasteiger partial charge in [0.05, 0.1) is 37.4 Å². The maximum Gasteiger partial charge on any atom is 0.110 e. The molecular weight excluding hydrogens is 382 g/mol. The highest BCUT2D eigenvalue weighted by atomic mass is 127. The van der Waals surface area contributed by atoms with E-state index in [2.05, 4.69) is 20.8 Å². The predicted molar refractivity (Wildman–Crippen MR) is 102 cm³/mol. The Morgan fingerprint density at radius 2 is 1.35 bits per heavy atom. The molecule has 1 N–H and O–H groups in total. The van der Waals surface area contributed by atoms with Crippen LogP contribution >= 0.6 is 30.3 Å². The first kappa shape index (κ1) is 21.1. The summed E-state index contributed by atoms with van der Waals surface area (Å²) < 4.78 is 5.35. The van der Waals surface area contributed by atoms with Crippen molar-refractivity contribution in [3.05, 3.63) is 0 Å². The van der Waals surface area contributed by atoms with Gasteiger partial charge in [-0.05, 0) is 19.3 Å². The standard InChI is InChI=1S/C16H35IO2P/c1-4-7-11-20(12-8-5-2,13-9-6-3)14-10-16(15-18)19-17/h16,18H,4-15H2,1-3H3/q+1. The van der Waals surface area contributed by atoms with Crippen molar-refractivity contribution >= 4 is 30.3 Å². The van der Waals surface area contributed by atoms with E-state index >= 15 is 0 Å². The quantitative estimate of drug-likeness (QED) is 0.298. The molecule has 0 radical (unpaired) electrons. The van der Waals surface area contributed by atoms with E-state index < -0.39 is 7.26 Å². The molecule has 0 aromatic rings. The minimum atomic E-state index is -0.820. The van der Waals surface area contributed by atoms with E-state index in [0.717, 1.165) is 6.42 Å². The summed E-state index contributed by atoms with van der Waals surface area (Å²) in [6, 6.07) is 0. The summed E-state index contributed by atoms with van der Waals surface area (Å²) in [5, 5.41) is 9.33. The molecule has 0 aromatic heterocycles. The summed E-state index contributed by atoms with van der Waals surface area (Å²) in [5.74, 6) is 0. The lowest BCUT2D eigenvalue weighted by atomic mass is 10.3. The molecule has 0 saturated heterocycles. The van der Waals surface area contributed by atoms with Crippen LogP contribution in [0.2, 0.25) is 0 Å². The third kappa shape index (κ3) is 9.17. The Hall–Kier alpha value is 1.08. The summed E-state index contributed by atoms with van der Waals surface area (Å²) in [5.41, 5.74) is 0. The first-order valence-corrected chi connectivity index (χ1v) is 11.8. The minimum Gasteiger partial charge on any atom is -0.394 e.